The van der Waals surface area contributed by atoms with Crippen molar-refractivity contribution in [3.05, 3.63) is 0 Å². The van der Waals surface area contributed by atoms with Gasteiger partial charge in [-0.1, -0.05) is 6.92 Å². The van der Waals surface area contributed by atoms with E-state index in [4.69, 9.17) is 4.74 Å². The van der Waals surface area contributed by atoms with Crippen molar-refractivity contribution in [3.63, 3.8) is 0 Å². The van der Waals surface area contributed by atoms with Crippen LogP contribution in [0.4, 0.5) is 4.79 Å². The van der Waals surface area contributed by atoms with Crippen molar-refractivity contribution in [2.24, 2.45) is 0 Å². The number of methoxy groups -OCH3 is 1. The second-order valence-electron chi connectivity index (χ2n) is 5.95. The molecule has 0 spiro atoms. The molecule has 2 amide bonds. The first kappa shape index (κ1) is 20.2. The van der Waals surface area contributed by atoms with Gasteiger partial charge in [-0.2, -0.15) is 0 Å². The van der Waals surface area contributed by atoms with Crippen LogP contribution in [0.2, 0.25) is 0 Å². The van der Waals surface area contributed by atoms with Crippen molar-refractivity contribution in [1.82, 2.24) is 10.4 Å². The van der Waals surface area contributed by atoms with E-state index in [0.29, 0.717) is 25.8 Å². The number of esters is 1. The summed E-state index contributed by atoms with van der Waals surface area (Å²) in [5.74, 6) is -0.564. The predicted octanol–water partition coefficient (Wildman–Crippen LogP) is 2.40. The molecule has 0 radical (unpaired) electrons. The van der Waals surface area contributed by atoms with Crippen LogP contribution < -0.4 is 5.43 Å². The van der Waals surface area contributed by atoms with E-state index >= 15 is 0 Å². The van der Waals surface area contributed by atoms with Gasteiger partial charge < -0.3 is 9.47 Å². The molecular weight excluding hydrogens is 288 g/mol. The van der Waals surface area contributed by atoms with Crippen molar-refractivity contribution in [2.75, 3.05) is 13.7 Å². The fraction of sp³-hybridized carbons (Fsp3) is 0.800. The number of carbonyl (C=O) groups is 3. The maximum atomic E-state index is 12.0. The zero-order valence-corrected chi connectivity index (χ0v) is 14.2. The van der Waals surface area contributed by atoms with Crippen LogP contribution in [0, 0.1) is 0 Å². The lowest BCUT2D eigenvalue weighted by molar-refractivity contribution is -0.140. The summed E-state index contributed by atoms with van der Waals surface area (Å²) >= 11 is 0. The molecule has 0 bridgehead atoms. The summed E-state index contributed by atoms with van der Waals surface area (Å²) in [7, 11) is 1.33. The van der Waals surface area contributed by atoms with Crippen LogP contribution in [0.25, 0.3) is 0 Å². The number of nitrogens with zero attached hydrogens (tertiary/aromatic N) is 1. The van der Waals surface area contributed by atoms with Gasteiger partial charge in [-0.05, 0) is 40.0 Å². The molecule has 0 aromatic heterocycles. The number of hydrazine groups is 1. The molecular formula is C15H28N2O5. The highest BCUT2D eigenvalue weighted by Gasteiger charge is 2.22. The molecule has 1 N–H and O–H groups in total. The maximum absolute atomic E-state index is 12.0. The first-order chi connectivity index (χ1) is 10.2. The number of carbonyl (C=O) groups excluding carboxylic acids is 3. The van der Waals surface area contributed by atoms with Crippen molar-refractivity contribution in [1.29, 1.82) is 0 Å². The zero-order valence-electron chi connectivity index (χ0n) is 14.2. The number of unbranched alkanes of at least 4 members (excludes halogenated alkanes) is 1. The summed E-state index contributed by atoms with van der Waals surface area (Å²) in [6, 6.07) is 0. The van der Waals surface area contributed by atoms with Gasteiger partial charge in [-0.25, -0.2) is 9.80 Å². The standard InChI is InChI=1S/C15H28N2O5/c1-6-11-17(14(20)22-15(2,3)4)16-12(18)9-7-8-10-13(19)21-5/h6-11H2,1-5H3,(H,16,18). The molecule has 0 saturated heterocycles. The third-order valence-corrected chi connectivity index (χ3v) is 2.58. The van der Waals surface area contributed by atoms with Crippen LogP contribution >= 0.6 is 0 Å². The Morgan fingerprint density at radius 3 is 2.18 bits per heavy atom. The second kappa shape index (κ2) is 10.0. The molecule has 0 aromatic rings. The number of ether oxygens (including phenoxy) is 2. The average Bonchev–Trinajstić information content (AvgIpc) is 2.40. The zero-order chi connectivity index (χ0) is 17.2. The predicted molar refractivity (Wildman–Crippen MR) is 81.9 cm³/mol. The summed E-state index contributed by atoms with van der Waals surface area (Å²) in [5.41, 5.74) is 1.93. The van der Waals surface area contributed by atoms with Crippen LogP contribution in [0.1, 0.15) is 59.8 Å². The molecule has 0 aliphatic heterocycles. The van der Waals surface area contributed by atoms with E-state index in [1.165, 1.54) is 12.1 Å². The fourth-order valence-electron chi connectivity index (χ4n) is 1.60. The molecule has 22 heavy (non-hydrogen) atoms. The maximum Gasteiger partial charge on any atom is 0.429 e. The van der Waals surface area contributed by atoms with Crippen LogP contribution in [0.3, 0.4) is 0 Å². The SMILES string of the molecule is CCCN(NC(=O)CCCCC(=O)OC)C(=O)OC(C)(C)C. The number of hydrogen-bond donors (Lipinski definition) is 1. The Morgan fingerprint density at radius 1 is 1.09 bits per heavy atom. The second-order valence-corrected chi connectivity index (χ2v) is 5.95. The normalized spacial score (nSPS) is 10.8. The Bertz CT molecular complexity index is 377. The van der Waals surface area contributed by atoms with Crippen molar-refractivity contribution in [3.8, 4) is 0 Å². The van der Waals surface area contributed by atoms with Crippen LogP contribution in [0.15, 0.2) is 0 Å². The highest BCUT2D eigenvalue weighted by molar-refractivity contribution is 5.79. The molecule has 0 atom stereocenters. The van der Waals surface area contributed by atoms with E-state index in [1.807, 2.05) is 6.92 Å². The van der Waals surface area contributed by atoms with Gasteiger partial charge in [0.2, 0.25) is 5.91 Å². The van der Waals surface area contributed by atoms with Crippen LogP contribution in [-0.2, 0) is 19.1 Å². The molecule has 0 unspecified atom stereocenters. The monoisotopic (exact) mass is 316 g/mol. The highest BCUT2D eigenvalue weighted by Crippen LogP contribution is 2.09. The van der Waals surface area contributed by atoms with Gasteiger partial charge in [0.25, 0.3) is 0 Å². The summed E-state index contributed by atoms with van der Waals surface area (Å²) in [6.07, 6.45) is 1.77. The van der Waals surface area contributed by atoms with E-state index in [-0.39, 0.29) is 24.7 Å². The molecule has 7 nitrogen and oxygen atoms in total. The molecule has 0 fully saturated rings. The number of rotatable bonds is 7. The Hall–Kier alpha value is -1.79. The van der Waals surface area contributed by atoms with Crippen LogP contribution in [-0.4, -0.2) is 42.2 Å². The molecule has 0 aliphatic rings. The smallest absolute Gasteiger partial charge is 0.429 e. The minimum absolute atomic E-state index is 0.236. The fourth-order valence-corrected chi connectivity index (χ4v) is 1.60. The Labute approximate surface area is 132 Å². The van der Waals surface area contributed by atoms with E-state index in [9.17, 15) is 14.4 Å². The van der Waals surface area contributed by atoms with Gasteiger partial charge in [0, 0.05) is 19.4 Å². The summed E-state index contributed by atoms with van der Waals surface area (Å²) < 4.78 is 9.76. The minimum atomic E-state index is -0.617. The molecule has 0 rings (SSSR count). The van der Waals surface area contributed by atoms with Crippen molar-refractivity contribution in [2.45, 2.75) is 65.4 Å². The summed E-state index contributed by atoms with van der Waals surface area (Å²) in [6.45, 7) is 7.58. The first-order valence-corrected chi connectivity index (χ1v) is 7.56. The van der Waals surface area contributed by atoms with Crippen molar-refractivity contribution < 1.29 is 23.9 Å². The Balaban J connectivity index is 4.23. The molecule has 128 valence electrons. The van der Waals surface area contributed by atoms with E-state index in [1.54, 1.807) is 20.8 Å². The van der Waals surface area contributed by atoms with Gasteiger partial charge >= 0.3 is 12.1 Å². The highest BCUT2D eigenvalue weighted by atomic mass is 16.6. The molecule has 0 saturated carbocycles. The molecule has 0 heterocycles. The lowest BCUT2D eigenvalue weighted by Crippen LogP contribution is -2.48. The summed E-state index contributed by atoms with van der Waals surface area (Å²) in [4.78, 5) is 34.8. The average molecular weight is 316 g/mol. The van der Waals surface area contributed by atoms with Crippen LogP contribution in [0.5, 0.6) is 0 Å². The number of hydrogen-bond acceptors (Lipinski definition) is 5. The van der Waals surface area contributed by atoms with E-state index < -0.39 is 11.7 Å². The minimum Gasteiger partial charge on any atom is -0.469 e. The molecule has 7 heteroatoms. The molecule has 0 aliphatic carbocycles. The lowest BCUT2D eigenvalue weighted by atomic mass is 10.2. The first-order valence-electron chi connectivity index (χ1n) is 7.56. The third kappa shape index (κ3) is 10.0. The largest absolute Gasteiger partial charge is 0.469 e. The van der Waals surface area contributed by atoms with E-state index in [0.717, 1.165) is 0 Å². The summed E-state index contributed by atoms with van der Waals surface area (Å²) in [5, 5.41) is 1.19. The van der Waals surface area contributed by atoms with Gasteiger partial charge in [0.15, 0.2) is 0 Å². The molecule has 0 aromatic carbocycles. The van der Waals surface area contributed by atoms with Crippen molar-refractivity contribution >= 4 is 18.0 Å². The topological polar surface area (TPSA) is 84.9 Å². The van der Waals surface area contributed by atoms with Gasteiger partial charge in [0.1, 0.15) is 5.60 Å². The third-order valence-electron chi connectivity index (χ3n) is 2.58. The quantitative estimate of drug-likeness (QED) is 0.443. The van der Waals surface area contributed by atoms with Gasteiger partial charge in [0.05, 0.1) is 7.11 Å². The van der Waals surface area contributed by atoms with Gasteiger partial charge in [-0.15, -0.1) is 0 Å². The lowest BCUT2D eigenvalue weighted by Gasteiger charge is -2.27. The van der Waals surface area contributed by atoms with E-state index in [2.05, 4.69) is 10.2 Å². The Morgan fingerprint density at radius 2 is 1.68 bits per heavy atom. The number of nitrogens with one attached hydrogen (secondary N) is 1. The van der Waals surface area contributed by atoms with Gasteiger partial charge in [-0.3, -0.25) is 15.0 Å². The Kier molecular flexibility index (Phi) is 9.21. The number of amides is 2.